The van der Waals surface area contributed by atoms with Gasteiger partial charge in [-0.05, 0) is 33.4 Å². The number of rotatable bonds is 5. The maximum absolute atomic E-state index is 12.1. The van der Waals surface area contributed by atoms with E-state index in [0.29, 0.717) is 18.4 Å². The molecule has 0 radical (unpaired) electrons. The van der Waals surface area contributed by atoms with Gasteiger partial charge in [-0.2, -0.15) is 0 Å². The molecule has 0 saturated carbocycles. The van der Waals surface area contributed by atoms with E-state index >= 15 is 0 Å². The van der Waals surface area contributed by atoms with Crippen LogP contribution in [0.15, 0.2) is 24.3 Å². The number of ketones is 2. The summed E-state index contributed by atoms with van der Waals surface area (Å²) >= 11 is 0. The molecule has 0 amide bonds. The third kappa shape index (κ3) is 3.51. The van der Waals surface area contributed by atoms with Gasteiger partial charge in [0.25, 0.3) is 0 Å². The van der Waals surface area contributed by atoms with Gasteiger partial charge in [-0.15, -0.1) is 0 Å². The standard InChI is InChI=1S/C16H21NO2/c1-12-5-7-13(8-6-12)15(18)9-10-16(19)14-4-3-11-17(14)2/h5-8,14H,3-4,9-11H2,1-2H3. The van der Waals surface area contributed by atoms with Gasteiger partial charge in [-0.3, -0.25) is 14.5 Å². The number of carbonyl (C=O) groups is 2. The van der Waals surface area contributed by atoms with Gasteiger partial charge >= 0.3 is 0 Å². The van der Waals surface area contributed by atoms with Gasteiger partial charge in [0, 0.05) is 18.4 Å². The Balaban J connectivity index is 1.86. The van der Waals surface area contributed by atoms with Crippen molar-refractivity contribution in [3.05, 3.63) is 35.4 Å². The van der Waals surface area contributed by atoms with Gasteiger partial charge < -0.3 is 0 Å². The topological polar surface area (TPSA) is 37.4 Å². The first kappa shape index (κ1) is 13.9. The largest absolute Gasteiger partial charge is 0.298 e. The van der Waals surface area contributed by atoms with E-state index in [1.807, 2.05) is 38.2 Å². The van der Waals surface area contributed by atoms with E-state index in [1.54, 1.807) is 0 Å². The minimum absolute atomic E-state index is 0.0332. The number of nitrogens with zero attached hydrogens (tertiary/aromatic N) is 1. The molecule has 0 bridgehead atoms. The predicted molar refractivity (Wildman–Crippen MR) is 75.4 cm³/mol. The minimum Gasteiger partial charge on any atom is -0.298 e. The Labute approximate surface area is 114 Å². The third-order valence-electron chi connectivity index (χ3n) is 3.86. The van der Waals surface area contributed by atoms with E-state index in [2.05, 4.69) is 4.90 Å². The lowest BCUT2D eigenvalue weighted by atomic mass is 10.0. The maximum Gasteiger partial charge on any atom is 0.163 e. The van der Waals surface area contributed by atoms with Crippen LogP contribution in [0, 0.1) is 6.92 Å². The Kier molecular flexibility index (Phi) is 4.48. The summed E-state index contributed by atoms with van der Waals surface area (Å²) in [5.74, 6) is 0.273. The van der Waals surface area contributed by atoms with E-state index in [1.165, 1.54) is 0 Å². The molecule has 1 aliphatic heterocycles. The summed E-state index contributed by atoms with van der Waals surface area (Å²) in [6.45, 7) is 2.98. The molecule has 0 aliphatic carbocycles. The number of benzene rings is 1. The van der Waals surface area contributed by atoms with Crippen LogP contribution < -0.4 is 0 Å². The molecule has 1 fully saturated rings. The summed E-state index contributed by atoms with van der Waals surface area (Å²) in [5, 5.41) is 0. The van der Waals surface area contributed by atoms with Crippen LogP contribution in [0.1, 0.15) is 41.6 Å². The van der Waals surface area contributed by atoms with Gasteiger partial charge in [-0.25, -0.2) is 0 Å². The van der Waals surface area contributed by atoms with Crippen LogP contribution in [-0.4, -0.2) is 36.1 Å². The fourth-order valence-electron chi connectivity index (χ4n) is 2.60. The van der Waals surface area contributed by atoms with Gasteiger partial charge in [0.05, 0.1) is 6.04 Å². The van der Waals surface area contributed by atoms with Crippen LogP contribution in [0.4, 0.5) is 0 Å². The van der Waals surface area contributed by atoms with Crippen LogP contribution in [0.25, 0.3) is 0 Å². The molecule has 0 N–H and O–H groups in total. The average Bonchev–Trinajstić information content (AvgIpc) is 2.83. The molecule has 1 aromatic carbocycles. The Morgan fingerprint density at radius 3 is 2.47 bits per heavy atom. The molecule has 19 heavy (non-hydrogen) atoms. The zero-order valence-corrected chi connectivity index (χ0v) is 11.7. The third-order valence-corrected chi connectivity index (χ3v) is 3.86. The zero-order chi connectivity index (χ0) is 13.8. The highest BCUT2D eigenvalue weighted by atomic mass is 16.1. The number of hydrogen-bond acceptors (Lipinski definition) is 3. The smallest absolute Gasteiger partial charge is 0.163 e. The van der Waals surface area contributed by atoms with E-state index in [-0.39, 0.29) is 17.6 Å². The van der Waals surface area contributed by atoms with Gasteiger partial charge in [0.2, 0.25) is 0 Å². The second-order valence-corrected chi connectivity index (χ2v) is 5.39. The first-order valence-corrected chi connectivity index (χ1v) is 6.91. The maximum atomic E-state index is 12.1. The highest BCUT2D eigenvalue weighted by Crippen LogP contribution is 2.18. The monoisotopic (exact) mass is 259 g/mol. The summed E-state index contributed by atoms with van der Waals surface area (Å²) in [6.07, 6.45) is 2.71. The highest BCUT2D eigenvalue weighted by Gasteiger charge is 2.27. The molecule has 3 nitrogen and oxygen atoms in total. The van der Waals surface area contributed by atoms with Crippen molar-refractivity contribution in [2.24, 2.45) is 0 Å². The molecule has 1 aromatic rings. The number of likely N-dealkylation sites (tertiary alicyclic amines) is 1. The van der Waals surface area contributed by atoms with Crippen molar-refractivity contribution in [2.75, 3.05) is 13.6 Å². The average molecular weight is 259 g/mol. The normalized spacial score (nSPS) is 19.6. The van der Waals surface area contributed by atoms with Gasteiger partial charge in [0.1, 0.15) is 5.78 Å². The Morgan fingerprint density at radius 1 is 1.21 bits per heavy atom. The van der Waals surface area contributed by atoms with Gasteiger partial charge in [0.15, 0.2) is 5.78 Å². The molecule has 102 valence electrons. The van der Waals surface area contributed by atoms with E-state index in [0.717, 1.165) is 24.9 Å². The van der Waals surface area contributed by atoms with Crippen molar-refractivity contribution in [3.63, 3.8) is 0 Å². The summed E-state index contributed by atoms with van der Waals surface area (Å²) in [5.41, 5.74) is 1.85. The summed E-state index contributed by atoms with van der Waals surface area (Å²) in [7, 11) is 1.98. The van der Waals surface area contributed by atoms with E-state index in [9.17, 15) is 9.59 Å². The molecule has 2 rings (SSSR count). The zero-order valence-electron chi connectivity index (χ0n) is 11.7. The Morgan fingerprint density at radius 2 is 1.89 bits per heavy atom. The molecule has 1 atom stereocenters. The van der Waals surface area contributed by atoms with E-state index < -0.39 is 0 Å². The molecule has 3 heteroatoms. The molecule has 1 heterocycles. The Bertz CT molecular complexity index is 464. The fraction of sp³-hybridized carbons (Fsp3) is 0.500. The molecular weight excluding hydrogens is 238 g/mol. The number of likely N-dealkylation sites (N-methyl/N-ethyl adjacent to an activating group) is 1. The lowest BCUT2D eigenvalue weighted by molar-refractivity contribution is -0.122. The number of carbonyl (C=O) groups excluding carboxylic acids is 2. The first-order chi connectivity index (χ1) is 9.08. The second kappa shape index (κ2) is 6.11. The van der Waals surface area contributed by atoms with Crippen molar-refractivity contribution >= 4 is 11.6 Å². The molecular formula is C16H21NO2. The van der Waals surface area contributed by atoms with E-state index in [4.69, 9.17) is 0 Å². The van der Waals surface area contributed by atoms with Crippen LogP contribution in [0.2, 0.25) is 0 Å². The second-order valence-electron chi connectivity index (χ2n) is 5.39. The number of Topliss-reactive ketones (excluding diaryl/α,β-unsaturated/α-hetero) is 2. The molecule has 0 aromatic heterocycles. The SMILES string of the molecule is Cc1ccc(C(=O)CCC(=O)C2CCCN2C)cc1. The number of aryl methyl sites for hydroxylation is 1. The fourth-order valence-corrected chi connectivity index (χ4v) is 2.60. The van der Waals surface area contributed by atoms with Crippen molar-refractivity contribution in [1.29, 1.82) is 0 Å². The van der Waals surface area contributed by atoms with Gasteiger partial charge in [-0.1, -0.05) is 29.8 Å². The van der Waals surface area contributed by atoms with Crippen LogP contribution in [0.5, 0.6) is 0 Å². The summed E-state index contributed by atoms with van der Waals surface area (Å²) in [4.78, 5) is 26.1. The summed E-state index contributed by atoms with van der Waals surface area (Å²) in [6, 6.07) is 7.57. The lowest BCUT2D eigenvalue weighted by Gasteiger charge is -2.17. The predicted octanol–water partition coefficient (Wildman–Crippen LogP) is 2.62. The number of hydrogen-bond donors (Lipinski definition) is 0. The molecule has 0 spiro atoms. The van der Waals surface area contributed by atoms with Crippen molar-refractivity contribution < 1.29 is 9.59 Å². The molecule has 1 unspecified atom stereocenters. The van der Waals surface area contributed by atoms with Crippen molar-refractivity contribution in [3.8, 4) is 0 Å². The summed E-state index contributed by atoms with van der Waals surface area (Å²) < 4.78 is 0. The van der Waals surface area contributed by atoms with Crippen LogP contribution in [0.3, 0.4) is 0 Å². The van der Waals surface area contributed by atoms with Crippen LogP contribution in [-0.2, 0) is 4.79 Å². The molecule has 1 aliphatic rings. The Hall–Kier alpha value is -1.48. The quantitative estimate of drug-likeness (QED) is 0.763. The van der Waals surface area contributed by atoms with Crippen molar-refractivity contribution in [2.45, 2.75) is 38.6 Å². The minimum atomic E-state index is 0.0332. The molecule has 1 saturated heterocycles. The highest BCUT2D eigenvalue weighted by molar-refractivity contribution is 5.98. The van der Waals surface area contributed by atoms with Crippen LogP contribution >= 0.6 is 0 Å². The first-order valence-electron chi connectivity index (χ1n) is 6.91. The van der Waals surface area contributed by atoms with Crippen molar-refractivity contribution in [1.82, 2.24) is 4.90 Å². The lowest BCUT2D eigenvalue weighted by Crippen LogP contribution is -2.33.